The van der Waals surface area contributed by atoms with E-state index in [4.69, 9.17) is 9.16 Å². The lowest BCUT2D eigenvalue weighted by Gasteiger charge is -2.37. The minimum Gasteiger partial charge on any atom is -0.497 e. The lowest BCUT2D eigenvalue weighted by molar-refractivity contribution is 0.202. The van der Waals surface area contributed by atoms with Crippen LogP contribution in [-0.4, -0.2) is 15.4 Å². The average molecular weight is 361 g/mol. The maximum absolute atomic E-state index is 6.96. The Morgan fingerprint density at radius 3 is 2.08 bits per heavy atom. The molecule has 1 atom stereocenters. The molecule has 1 aliphatic carbocycles. The first-order valence-electron chi connectivity index (χ1n) is 10.1. The molecule has 140 valence electrons. The number of ether oxygens (including phenoxy) is 1. The van der Waals surface area contributed by atoms with Gasteiger partial charge >= 0.3 is 0 Å². The normalized spacial score (nSPS) is 17.3. The first kappa shape index (κ1) is 20.3. The second kappa shape index (κ2) is 9.58. The van der Waals surface area contributed by atoms with Crippen LogP contribution >= 0.6 is 0 Å². The summed E-state index contributed by atoms with van der Waals surface area (Å²) in [5.74, 6) is 1.51. The Hall–Kier alpha value is -1.06. The van der Waals surface area contributed by atoms with Crippen LogP contribution < -0.4 is 4.74 Å². The molecule has 0 aliphatic heterocycles. The van der Waals surface area contributed by atoms with Gasteiger partial charge in [-0.05, 0) is 60.2 Å². The number of benzene rings is 1. The Morgan fingerprint density at radius 1 is 1.04 bits per heavy atom. The van der Waals surface area contributed by atoms with E-state index in [1.165, 1.54) is 61.4 Å². The highest BCUT2D eigenvalue weighted by molar-refractivity contribution is 6.73. The van der Waals surface area contributed by atoms with Gasteiger partial charge in [0.2, 0.25) is 0 Å². The van der Waals surface area contributed by atoms with E-state index in [-0.39, 0.29) is 6.10 Å². The summed E-state index contributed by atoms with van der Waals surface area (Å²) in [5, 5.41) is 0. The third kappa shape index (κ3) is 4.98. The Balaban J connectivity index is 2.30. The van der Waals surface area contributed by atoms with Crippen LogP contribution in [0, 0.1) is 5.92 Å². The van der Waals surface area contributed by atoms with E-state index >= 15 is 0 Å². The molecule has 0 amide bonds. The maximum Gasteiger partial charge on any atom is 0.193 e. The third-order valence-electron chi connectivity index (χ3n) is 6.19. The molecule has 0 bridgehead atoms. The molecule has 2 rings (SSSR count). The summed E-state index contributed by atoms with van der Waals surface area (Å²) in [6, 6.07) is 11.9. The van der Waals surface area contributed by atoms with Crippen molar-refractivity contribution in [3.63, 3.8) is 0 Å². The van der Waals surface area contributed by atoms with Crippen molar-refractivity contribution in [2.24, 2.45) is 5.92 Å². The van der Waals surface area contributed by atoms with E-state index < -0.39 is 8.32 Å². The van der Waals surface area contributed by atoms with Gasteiger partial charge in [-0.15, -0.1) is 0 Å². The largest absolute Gasteiger partial charge is 0.497 e. The molecule has 0 heterocycles. The first-order chi connectivity index (χ1) is 12.1. The van der Waals surface area contributed by atoms with E-state index in [9.17, 15) is 0 Å². The number of methoxy groups -OCH3 is 1. The molecule has 25 heavy (non-hydrogen) atoms. The predicted molar refractivity (Wildman–Crippen MR) is 110 cm³/mol. The van der Waals surface area contributed by atoms with Crippen LogP contribution in [0.2, 0.25) is 18.1 Å². The zero-order valence-corrected chi connectivity index (χ0v) is 17.6. The minimum absolute atomic E-state index is 0.0422. The first-order valence-corrected chi connectivity index (χ1v) is 12.6. The second-order valence-electron chi connectivity index (χ2n) is 7.42. The van der Waals surface area contributed by atoms with Gasteiger partial charge in [0.1, 0.15) is 5.75 Å². The van der Waals surface area contributed by atoms with Gasteiger partial charge in [0.15, 0.2) is 8.32 Å². The van der Waals surface area contributed by atoms with Gasteiger partial charge in [0.25, 0.3) is 0 Å². The monoisotopic (exact) mass is 360 g/mol. The predicted octanol–water partition coefficient (Wildman–Crippen LogP) is 6.89. The molecule has 1 unspecified atom stereocenters. The molecular formula is C22H36O2Si. The van der Waals surface area contributed by atoms with Gasteiger partial charge in [-0.1, -0.05) is 58.7 Å². The summed E-state index contributed by atoms with van der Waals surface area (Å²) in [6.45, 7) is 11.4. The summed E-state index contributed by atoms with van der Waals surface area (Å²) < 4.78 is 12.3. The highest BCUT2D eigenvalue weighted by Gasteiger charge is 2.35. The molecule has 1 aromatic rings. The van der Waals surface area contributed by atoms with Gasteiger partial charge in [-0.3, -0.25) is 0 Å². The van der Waals surface area contributed by atoms with Crippen molar-refractivity contribution < 1.29 is 9.16 Å². The van der Waals surface area contributed by atoms with E-state index in [1.807, 2.05) is 12.1 Å². The fourth-order valence-electron chi connectivity index (χ4n) is 4.07. The standard InChI is InChI=1S/C22H36O2Si/c1-6-25(7-2,8-3)24-22(18(4)19-12-10-9-11-13-19)20-14-16-21(23-5)17-15-20/h14-17,19,22H,4,6-13H2,1-3,5H3. The number of rotatable bonds is 9. The lowest BCUT2D eigenvalue weighted by Crippen LogP contribution is -2.38. The molecule has 0 spiro atoms. The maximum atomic E-state index is 6.96. The second-order valence-corrected chi connectivity index (χ2v) is 12.1. The van der Waals surface area contributed by atoms with Crippen molar-refractivity contribution in [3.8, 4) is 5.75 Å². The average Bonchev–Trinajstić information content (AvgIpc) is 2.70. The fourth-order valence-corrected chi connectivity index (χ4v) is 6.86. The summed E-state index contributed by atoms with van der Waals surface area (Å²) >= 11 is 0. The highest BCUT2D eigenvalue weighted by atomic mass is 28.4. The fraction of sp³-hybridized carbons (Fsp3) is 0.636. The van der Waals surface area contributed by atoms with Crippen LogP contribution in [-0.2, 0) is 4.43 Å². The van der Waals surface area contributed by atoms with Crippen molar-refractivity contribution in [1.82, 2.24) is 0 Å². The summed E-state index contributed by atoms with van der Waals surface area (Å²) in [6.07, 6.45) is 6.62. The SMILES string of the molecule is C=C(C1CCCCC1)C(O[Si](CC)(CC)CC)c1ccc(OC)cc1. The van der Waals surface area contributed by atoms with E-state index in [0.717, 1.165) is 5.75 Å². The number of hydrogen-bond acceptors (Lipinski definition) is 2. The molecule has 0 aromatic heterocycles. The van der Waals surface area contributed by atoms with Crippen LogP contribution in [0.15, 0.2) is 36.4 Å². The Labute approximate surface area is 155 Å². The van der Waals surface area contributed by atoms with Crippen LogP contribution in [0.3, 0.4) is 0 Å². The van der Waals surface area contributed by atoms with Crippen LogP contribution in [0.4, 0.5) is 0 Å². The Bertz CT molecular complexity index is 519. The quantitative estimate of drug-likeness (QED) is 0.352. The zero-order chi connectivity index (χ0) is 18.3. The molecule has 2 nitrogen and oxygen atoms in total. The highest BCUT2D eigenvalue weighted by Crippen LogP contribution is 2.41. The van der Waals surface area contributed by atoms with Gasteiger partial charge in [-0.2, -0.15) is 0 Å². The van der Waals surface area contributed by atoms with E-state index in [2.05, 4.69) is 39.5 Å². The molecule has 1 saturated carbocycles. The van der Waals surface area contributed by atoms with Crippen molar-refractivity contribution in [2.75, 3.05) is 7.11 Å². The lowest BCUT2D eigenvalue weighted by atomic mass is 9.81. The molecule has 3 heteroatoms. The van der Waals surface area contributed by atoms with Crippen LogP contribution in [0.5, 0.6) is 5.75 Å². The van der Waals surface area contributed by atoms with Crippen molar-refractivity contribution in [3.05, 3.63) is 42.0 Å². The van der Waals surface area contributed by atoms with Gasteiger partial charge < -0.3 is 9.16 Å². The van der Waals surface area contributed by atoms with Crippen LogP contribution in [0.25, 0.3) is 0 Å². The molecule has 0 N–H and O–H groups in total. The van der Waals surface area contributed by atoms with Crippen molar-refractivity contribution in [2.45, 2.75) is 77.1 Å². The Kier molecular flexibility index (Phi) is 7.76. The Morgan fingerprint density at radius 2 is 1.60 bits per heavy atom. The third-order valence-corrected chi connectivity index (χ3v) is 10.8. The number of hydrogen-bond donors (Lipinski definition) is 0. The molecule has 0 radical (unpaired) electrons. The van der Waals surface area contributed by atoms with Crippen molar-refractivity contribution in [1.29, 1.82) is 0 Å². The smallest absolute Gasteiger partial charge is 0.193 e. The van der Waals surface area contributed by atoms with E-state index in [0.29, 0.717) is 5.92 Å². The van der Waals surface area contributed by atoms with Crippen LogP contribution in [0.1, 0.15) is 64.5 Å². The summed E-state index contributed by atoms with van der Waals surface area (Å²) in [4.78, 5) is 0. The molecule has 1 aromatic carbocycles. The van der Waals surface area contributed by atoms with Gasteiger partial charge in [0.05, 0.1) is 13.2 Å². The van der Waals surface area contributed by atoms with Crippen molar-refractivity contribution >= 4 is 8.32 Å². The molecular weight excluding hydrogens is 324 g/mol. The van der Waals surface area contributed by atoms with E-state index in [1.54, 1.807) is 7.11 Å². The summed E-state index contributed by atoms with van der Waals surface area (Å²) in [7, 11) is 0.0118. The molecule has 0 saturated heterocycles. The molecule has 1 fully saturated rings. The zero-order valence-electron chi connectivity index (χ0n) is 16.6. The minimum atomic E-state index is -1.70. The topological polar surface area (TPSA) is 18.5 Å². The summed E-state index contributed by atoms with van der Waals surface area (Å²) in [5.41, 5.74) is 2.54. The van der Waals surface area contributed by atoms with Gasteiger partial charge in [0, 0.05) is 0 Å². The van der Waals surface area contributed by atoms with Gasteiger partial charge in [-0.25, -0.2) is 0 Å². The molecule has 1 aliphatic rings.